The number of hydrogen-bond donors (Lipinski definition) is 1. The highest BCUT2D eigenvalue weighted by Gasteiger charge is 2.30. The molecule has 98 valence electrons. The van der Waals surface area contributed by atoms with Crippen LogP contribution in [-0.4, -0.2) is 35.0 Å². The number of carbonyl (C=O) groups is 2. The van der Waals surface area contributed by atoms with E-state index < -0.39 is 17.8 Å². The molecule has 0 aromatic rings. The van der Waals surface area contributed by atoms with Crippen molar-refractivity contribution in [1.29, 1.82) is 0 Å². The highest BCUT2D eigenvalue weighted by molar-refractivity contribution is 5.84. The number of amides is 1. The van der Waals surface area contributed by atoms with Gasteiger partial charge in [-0.05, 0) is 25.7 Å². The molecule has 1 aliphatic rings. The molecule has 0 aromatic carbocycles. The average molecular weight is 241 g/mol. The van der Waals surface area contributed by atoms with Crippen LogP contribution in [0.3, 0.4) is 0 Å². The van der Waals surface area contributed by atoms with E-state index in [0.29, 0.717) is 12.5 Å². The number of nitrogens with zero attached hydrogens (tertiary/aromatic N) is 1. The fourth-order valence-corrected chi connectivity index (χ4v) is 2.08. The van der Waals surface area contributed by atoms with E-state index in [1.807, 2.05) is 11.8 Å². The Bertz CT molecular complexity index is 286. The zero-order valence-corrected chi connectivity index (χ0v) is 11.0. The van der Waals surface area contributed by atoms with Gasteiger partial charge in [-0.1, -0.05) is 20.3 Å². The lowest BCUT2D eigenvalue weighted by molar-refractivity contribution is -0.149. The zero-order chi connectivity index (χ0) is 13.0. The van der Waals surface area contributed by atoms with Crippen LogP contribution in [0.25, 0.3) is 0 Å². The molecule has 1 amide bonds. The molecule has 0 heterocycles. The summed E-state index contributed by atoms with van der Waals surface area (Å²) in [6, 6.07) is 0. The molecule has 4 nitrogen and oxygen atoms in total. The summed E-state index contributed by atoms with van der Waals surface area (Å²) in [6.45, 7) is 6.74. The van der Waals surface area contributed by atoms with Crippen molar-refractivity contribution in [2.45, 2.75) is 40.0 Å². The number of hydrogen-bond acceptors (Lipinski definition) is 2. The number of carboxylic acid groups (broad SMARTS) is 1. The Morgan fingerprint density at radius 2 is 1.88 bits per heavy atom. The van der Waals surface area contributed by atoms with Crippen LogP contribution in [0.2, 0.25) is 0 Å². The van der Waals surface area contributed by atoms with Crippen molar-refractivity contribution >= 4 is 11.9 Å². The lowest BCUT2D eigenvalue weighted by Gasteiger charge is -2.33. The van der Waals surface area contributed by atoms with Crippen molar-refractivity contribution in [1.82, 2.24) is 4.90 Å². The molecule has 0 spiro atoms. The summed E-state index contributed by atoms with van der Waals surface area (Å²) in [4.78, 5) is 24.8. The maximum atomic E-state index is 12.2. The van der Waals surface area contributed by atoms with Crippen molar-refractivity contribution in [3.63, 3.8) is 0 Å². The number of rotatable bonds is 6. The van der Waals surface area contributed by atoms with Crippen LogP contribution in [-0.2, 0) is 9.59 Å². The smallest absolute Gasteiger partial charge is 0.307 e. The lowest BCUT2D eigenvalue weighted by atomic mass is 9.84. The molecule has 1 aliphatic carbocycles. The predicted octanol–water partition coefficient (Wildman–Crippen LogP) is 1.99. The minimum atomic E-state index is -0.898. The summed E-state index contributed by atoms with van der Waals surface area (Å²) in [6.07, 6.45) is 3.66. The predicted molar refractivity (Wildman–Crippen MR) is 65.6 cm³/mol. The van der Waals surface area contributed by atoms with Crippen molar-refractivity contribution in [2.75, 3.05) is 13.1 Å². The van der Waals surface area contributed by atoms with Gasteiger partial charge >= 0.3 is 5.97 Å². The van der Waals surface area contributed by atoms with E-state index in [9.17, 15) is 9.59 Å². The Kier molecular flexibility index (Phi) is 4.97. The second kappa shape index (κ2) is 6.03. The molecule has 1 rings (SSSR count). The number of carbonyl (C=O) groups excluding carboxylic acids is 1. The summed E-state index contributed by atoms with van der Waals surface area (Å²) >= 11 is 0. The zero-order valence-electron chi connectivity index (χ0n) is 11.0. The molecule has 2 unspecified atom stereocenters. The largest absolute Gasteiger partial charge is 0.481 e. The third-order valence-electron chi connectivity index (χ3n) is 3.93. The van der Waals surface area contributed by atoms with Crippen molar-refractivity contribution in [3.05, 3.63) is 0 Å². The molecule has 0 aliphatic heterocycles. The minimum Gasteiger partial charge on any atom is -0.481 e. The first kappa shape index (κ1) is 14.0. The second-order valence-corrected chi connectivity index (χ2v) is 5.09. The van der Waals surface area contributed by atoms with E-state index >= 15 is 0 Å². The van der Waals surface area contributed by atoms with Gasteiger partial charge in [-0.3, -0.25) is 9.59 Å². The van der Waals surface area contributed by atoms with Crippen LogP contribution in [0, 0.1) is 17.8 Å². The van der Waals surface area contributed by atoms with Crippen LogP contribution < -0.4 is 0 Å². The summed E-state index contributed by atoms with van der Waals surface area (Å²) in [5.74, 6) is -1.34. The SMILES string of the molecule is CCN(CC1CCC1)C(=O)C(C)C(C)C(=O)O. The summed E-state index contributed by atoms with van der Waals surface area (Å²) in [7, 11) is 0. The van der Waals surface area contributed by atoms with Gasteiger partial charge in [0.2, 0.25) is 5.91 Å². The first-order valence-electron chi connectivity index (χ1n) is 6.49. The molecule has 0 saturated heterocycles. The second-order valence-electron chi connectivity index (χ2n) is 5.09. The summed E-state index contributed by atoms with van der Waals surface area (Å²) in [5.41, 5.74) is 0. The maximum absolute atomic E-state index is 12.2. The van der Waals surface area contributed by atoms with Gasteiger partial charge in [-0.25, -0.2) is 0 Å². The Morgan fingerprint density at radius 1 is 1.29 bits per heavy atom. The van der Waals surface area contributed by atoms with E-state index in [2.05, 4.69) is 0 Å². The summed E-state index contributed by atoms with van der Waals surface area (Å²) in [5, 5.41) is 8.92. The minimum absolute atomic E-state index is 0.0192. The Morgan fingerprint density at radius 3 is 2.24 bits per heavy atom. The Hall–Kier alpha value is -1.06. The van der Waals surface area contributed by atoms with Gasteiger partial charge < -0.3 is 10.0 Å². The van der Waals surface area contributed by atoms with Crippen molar-refractivity contribution < 1.29 is 14.7 Å². The van der Waals surface area contributed by atoms with Crippen LogP contribution in [0.15, 0.2) is 0 Å². The van der Waals surface area contributed by atoms with Gasteiger partial charge in [0, 0.05) is 19.0 Å². The van der Waals surface area contributed by atoms with Gasteiger partial charge in [0.05, 0.1) is 5.92 Å². The van der Waals surface area contributed by atoms with Crippen LogP contribution >= 0.6 is 0 Å². The van der Waals surface area contributed by atoms with Crippen LogP contribution in [0.4, 0.5) is 0 Å². The highest BCUT2D eigenvalue weighted by atomic mass is 16.4. The quantitative estimate of drug-likeness (QED) is 0.773. The van der Waals surface area contributed by atoms with E-state index in [-0.39, 0.29) is 5.91 Å². The van der Waals surface area contributed by atoms with E-state index in [1.54, 1.807) is 13.8 Å². The van der Waals surface area contributed by atoms with Crippen LogP contribution in [0.5, 0.6) is 0 Å². The molecule has 0 bridgehead atoms. The molecular weight excluding hydrogens is 218 g/mol. The van der Waals surface area contributed by atoms with Gasteiger partial charge in [0.25, 0.3) is 0 Å². The van der Waals surface area contributed by atoms with Crippen molar-refractivity contribution in [3.8, 4) is 0 Å². The number of aliphatic carboxylic acids is 1. The maximum Gasteiger partial charge on any atom is 0.307 e. The monoisotopic (exact) mass is 241 g/mol. The molecule has 1 fully saturated rings. The molecular formula is C13H23NO3. The van der Waals surface area contributed by atoms with E-state index in [1.165, 1.54) is 19.3 Å². The van der Waals surface area contributed by atoms with Gasteiger partial charge in [-0.2, -0.15) is 0 Å². The first-order valence-corrected chi connectivity index (χ1v) is 6.49. The Labute approximate surface area is 103 Å². The standard InChI is InChI=1S/C13H23NO3/c1-4-14(8-11-6-5-7-11)12(15)9(2)10(3)13(16)17/h9-11H,4-8H2,1-3H3,(H,16,17). The number of carboxylic acids is 1. The molecule has 1 saturated carbocycles. The van der Waals surface area contributed by atoms with E-state index in [4.69, 9.17) is 5.11 Å². The van der Waals surface area contributed by atoms with Gasteiger partial charge in [0.15, 0.2) is 0 Å². The molecule has 17 heavy (non-hydrogen) atoms. The Balaban J connectivity index is 2.54. The van der Waals surface area contributed by atoms with E-state index in [0.717, 1.165) is 6.54 Å². The molecule has 4 heteroatoms. The summed E-state index contributed by atoms with van der Waals surface area (Å²) < 4.78 is 0. The molecule has 2 atom stereocenters. The average Bonchev–Trinajstić information content (AvgIpc) is 2.25. The lowest BCUT2D eigenvalue weighted by Crippen LogP contribution is -2.42. The van der Waals surface area contributed by atoms with Crippen molar-refractivity contribution in [2.24, 2.45) is 17.8 Å². The molecule has 0 radical (unpaired) electrons. The van der Waals surface area contributed by atoms with Gasteiger partial charge in [-0.15, -0.1) is 0 Å². The van der Waals surface area contributed by atoms with Crippen LogP contribution in [0.1, 0.15) is 40.0 Å². The highest BCUT2D eigenvalue weighted by Crippen LogP contribution is 2.28. The third-order valence-corrected chi connectivity index (χ3v) is 3.93. The third kappa shape index (κ3) is 3.45. The normalized spacial score (nSPS) is 19.2. The fraction of sp³-hybridized carbons (Fsp3) is 0.846. The first-order chi connectivity index (χ1) is 7.97. The van der Waals surface area contributed by atoms with Gasteiger partial charge in [0.1, 0.15) is 0 Å². The topological polar surface area (TPSA) is 57.6 Å². The molecule has 0 aromatic heterocycles. The molecule has 1 N–H and O–H groups in total. The fourth-order valence-electron chi connectivity index (χ4n) is 2.08.